The van der Waals surface area contributed by atoms with Crippen LogP contribution < -0.4 is 10.5 Å². The molecular formula is C15H18FNOS. The lowest BCUT2D eigenvalue weighted by Gasteiger charge is -2.11. The monoisotopic (exact) mass is 279 g/mol. The Morgan fingerprint density at radius 2 is 2.21 bits per heavy atom. The standard InChI is InChI=1S/C15H18FNOS/c1-2-12(17)8-11-5-6-15(14(16)9-11)18-10-13-4-3-7-19-13/h3-7,9,12H,2,8,10,17H2,1H3. The fourth-order valence-corrected chi connectivity index (χ4v) is 2.40. The molecule has 1 aromatic heterocycles. The van der Waals surface area contributed by atoms with Gasteiger partial charge in [0.1, 0.15) is 6.61 Å². The Bertz CT molecular complexity index is 513. The Morgan fingerprint density at radius 1 is 1.37 bits per heavy atom. The highest BCUT2D eigenvalue weighted by Gasteiger charge is 2.08. The molecule has 0 saturated carbocycles. The van der Waals surface area contributed by atoms with Crippen LogP contribution in [0.4, 0.5) is 4.39 Å². The highest BCUT2D eigenvalue weighted by molar-refractivity contribution is 7.09. The van der Waals surface area contributed by atoms with E-state index in [4.69, 9.17) is 10.5 Å². The van der Waals surface area contributed by atoms with Gasteiger partial charge in [-0.1, -0.05) is 19.1 Å². The molecule has 1 heterocycles. The average Bonchev–Trinajstić information content (AvgIpc) is 2.91. The molecule has 0 aliphatic rings. The SMILES string of the molecule is CCC(N)Cc1ccc(OCc2cccs2)c(F)c1. The number of halogens is 1. The van der Waals surface area contributed by atoms with E-state index in [0.29, 0.717) is 18.8 Å². The molecule has 0 radical (unpaired) electrons. The third-order valence-electron chi connectivity index (χ3n) is 2.97. The summed E-state index contributed by atoms with van der Waals surface area (Å²) in [6.07, 6.45) is 1.58. The molecule has 1 atom stereocenters. The minimum absolute atomic E-state index is 0.0808. The minimum atomic E-state index is -0.322. The van der Waals surface area contributed by atoms with Gasteiger partial charge in [0.2, 0.25) is 0 Å². The van der Waals surface area contributed by atoms with Crippen molar-refractivity contribution in [2.45, 2.75) is 32.4 Å². The van der Waals surface area contributed by atoms with Gasteiger partial charge in [-0.05, 0) is 42.0 Å². The maximum absolute atomic E-state index is 13.9. The van der Waals surface area contributed by atoms with E-state index in [1.54, 1.807) is 17.4 Å². The number of hydrogen-bond donors (Lipinski definition) is 1. The van der Waals surface area contributed by atoms with E-state index in [-0.39, 0.29) is 11.9 Å². The van der Waals surface area contributed by atoms with Crippen LogP contribution in [0.15, 0.2) is 35.7 Å². The first kappa shape index (κ1) is 14.0. The zero-order valence-electron chi connectivity index (χ0n) is 10.9. The molecule has 2 rings (SSSR count). The van der Waals surface area contributed by atoms with Crippen LogP contribution in [0.5, 0.6) is 5.75 Å². The van der Waals surface area contributed by atoms with Crippen molar-refractivity contribution in [3.05, 3.63) is 52.0 Å². The minimum Gasteiger partial charge on any atom is -0.485 e. The number of benzene rings is 1. The summed E-state index contributed by atoms with van der Waals surface area (Å²) in [5.74, 6) is -0.0282. The smallest absolute Gasteiger partial charge is 0.165 e. The molecule has 102 valence electrons. The van der Waals surface area contributed by atoms with Gasteiger partial charge in [-0.25, -0.2) is 4.39 Å². The average molecular weight is 279 g/mol. The maximum Gasteiger partial charge on any atom is 0.165 e. The molecule has 0 aliphatic carbocycles. The van der Waals surface area contributed by atoms with Crippen LogP contribution in [-0.2, 0) is 13.0 Å². The zero-order valence-corrected chi connectivity index (χ0v) is 11.8. The zero-order chi connectivity index (χ0) is 13.7. The van der Waals surface area contributed by atoms with Gasteiger partial charge in [0, 0.05) is 10.9 Å². The van der Waals surface area contributed by atoms with E-state index in [0.717, 1.165) is 16.9 Å². The van der Waals surface area contributed by atoms with Gasteiger partial charge in [0.15, 0.2) is 11.6 Å². The van der Waals surface area contributed by atoms with Crippen molar-refractivity contribution in [2.24, 2.45) is 5.73 Å². The van der Waals surface area contributed by atoms with Crippen LogP contribution in [0.25, 0.3) is 0 Å². The summed E-state index contributed by atoms with van der Waals surface area (Å²) in [7, 11) is 0. The maximum atomic E-state index is 13.9. The number of thiophene rings is 1. The van der Waals surface area contributed by atoms with Gasteiger partial charge in [-0.15, -0.1) is 11.3 Å². The fraction of sp³-hybridized carbons (Fsp3) is 0.333. The Labute approximate surface area is 117 Å². The summed E-state index contributed by atoms with van der Waals surface area (Å²) in [4.78, 5) is 1.08. The number of nitrogens with two attached hydrogens (primary N) is 1. The van der Waals surface area contributed by atoms with Crippen molar-refractivity contribution >= 4 is 11.3 Å². The molecule has 2 aromatic rings. The van der Waals surface area contributed by atoms with Gasteiger partial charge >= 0.3 is 0 Å². The molecule has 0 amide bonds. The predicted molar refractivity (Wildman–Crippen MR) is 77.0 cm³/mol. The molecule has 0 fully saturated rings. The largest absolute Gasteiger partial charge is 0.485 e. The molecule has 4 heteroatoms. The van der Waals surface area contributed by atoms with Gasteiger partial charge in [0.25, 0.3) is 0 Å². The Kier molecular flexibility index (Phi) is 4.93. The second-order valence-electron chi connectivity index (χ2n) is 4.51. The Morgan fingerprint density at radius 3 is 2.84 bits per heavy atom. The lowest BCUT2D eigenvalue weighted by molar-refractivity contribution is 0.293. The molecule has 0 spiro atoms. The number of hydrogen-bond acceptors (Lipinski definition) is 3. The molecule has 0 saturated heterocycles. The van der Waals surface area contributed by atoms with E-state index in [2.05, 4.69) is 0 Å². The predicted octanol–water partition coefficient (Wildman–Crippen LogP) is 3.75. The highest BCUT2D eigenvalue weighted by Crippen LogP contribution is 2.21. The van der Waals surface area contributed by atoms with Crippen LogP contribution in [0.2, 0.25) is 0 Å². The normalized spacial score (nSPS) is 12.4. The van der Waals surface area contributed by atoms with Crippen molar-refractivity contribution in [1.82, 2.24) is 0 Å². The van der Waals surface area contributed by atoms with Crippen LogP contribution in [0, 0.1) is 5.82 Å². The van der Waals surface area contributed by atoms with Gasteiger partial charge in [-0.3, -0.25) is 0 Å². The van der Waals surface area contributed by atoms with E-state index in [1.807, 2.05) is 30.5 Å². The molecule has 1 aromatic carbocycles. The van der Waals surface area contributed by atoms with Gasteiger partial charge in [0.05, 0.1) is 0 Å². The summed E-state index contributed by atoms with van der Waals surface area (Å²) in [5, 5.41) is 1.98. The van der Waals surface area contributed by atoms with E-state index in [9.17, 15) is 4.39 Å². The van der Waals surface area contributed by atoms with Gasteiger partial charge < -0.3 is 10.5 Å². The molecule has 0 bridgehead atoms. The van der Waals surface area contributed by atoms with Crippen molar-refractivity contribution in [3.63, 3.8) is 0 Å². The highest BCUT2D eigenvalue weighted by atomic mass is 32.1. The summed E-state index contributed by atoms with van der Waals surface area (Å²) >= 11 is 1.60. The second kappa shape index (κ2) is 6.68. The van der Waals surface area contributed by atoms with Crippen LogP contribution in [0.1, 0.15) is 23.8 Å². The molecule has 1 unspecified atom stereocenters. The molecular weight excluding hydrogens is 261 g/mol. The van der Waals surface area contributed by atoms with Crippen LogP contribution >= 0.6 is 11.3 Å². The Balaban J connectivity index is 1.98. The summed E-state index contributed by atoms with van der Waals surface area (Å²) in [6.45, 7) is 2.43. The summed E-state index contributed by atoms with van der Waals surface area (Å²) in [5.41, 5.74) is 6.78. The molecule has 2 nitrogen and oxygen atoms in total. The van der Waals surface area contributed by atoms with Crippen molar-refractivity contribution in [2.75, 3.05) is 0 Å². The first-order valence-corrected chi connectivity index (χ1v) is 7.26. The van der Waals surface area contributed by atoms with Crippen LogP contribution in [0.3, 0.4) is 0 Å². The second-order valence-corrected chi connectivity index (χ2v) is 5.54. The summed E-state index contributed by atoms with van der Waals surface area (Å²) in [6, 6.07) is 9.08. The van der Waals surface area contributed by atoms with Crippen LogP contribution in [-0.4, -0.2) is 6.04 Å². The number of rotatable bonds is 6. The summed E-state index contributed by atoms with van der Waals surface area (Å²) < 4.78 is 19.3. The topological polar surface area (TPSA) is 35.2 Å². The Hall–Kier alpha value is -1.39. The third-order valence-corrected chi connectivity index (χ3v) is 3.82. The molecule has 0 aliphatic heterocycles. The lowest BCUT2D eigenvalue weighted by Crippen LogP contribution is -2.21. The molecule has 2 N–H and O–H groups in total. The quantitative estimate of drug-likeness (QED) is 0.874. The van der Waals surface area contributed by atoms with E-state index < -0.39 is 0 Å². The molecule has 19 heavy (non-hydrogen) atoms. The lowest BCUT2D eigenvalue weighted by atomic mass is 10.0. The number of ether oxygens (including phenoxy) is 1. The first-order valence-electron chi connectivity index (χ1n) is 6.38. The van der Waals surface area contributed by atoms with E-state index in [1.165, 1.54) is 6.07 Å². The van der Waals surface area contributed by atoms with Crippen molar-refractivity contribution < 1.29 is 9.13 Å². The fourth-order valence-electron chi connectivity index (χ4n) is 1.78. The first-order chi connectivity index (χ1) is 9.19. The van der Waals surface area contributed by atoms with Gasteiger partial charge in [-0.2, -0.15) is 0 Å². The third kappa shape index (κ3) is 4.04. The van der Waals surface area contributed by atoms with E-state index >= 15 is 0 Å². The van der Waals surface area contributed by atoms with Crippen molar-refractivity contribution in [1.29, 1.82) is 0 Å². The van der Waals surface area contributed by atoms with Crippen molar-refractivity contribution in [3.8, 4) is 5.75 Å².